The Morgan fingerprint density at radius 3 is 2.58 bits per heavy atom. The Kier molecular flexibility index (Phi) is 5.83. The van der Waals surface area contributed by atoms with Crippen LogP contribution in [0.3, 0.4) is 0 Å². The maximum absolute atomic E-state index is 13.6. The molecule has 1 aromatic heterocycles. The van der Waals surface area contributed by atoms with Crippen LogP contribution in [0.15, 0.2) is 52.5 Å². The summed E-state index contributed by atoms with van der Waals surface area (Å²) in [6.45, 7) is 1.32. The largest absolute Gasteiger partial charge is 0.416 e. The zero-order chi connectivity index (χ0) is 26.8. The average molecular weight is 552 g/mol. The molecule has 2 saturated heterocycles. The second-order valence-corrected chi connectivity index (χ2v) is 10.5. The third kappa shape index (κ3) is 4.57. The van der Waals surface area contributed by atoms with E-state index in [1.807, 2.05) is 0 Å². The number of fused-ring (bicyclic) bond motifs is 3. The van der Waals surface area contributed by atoms with E-state index in [0.29, 0.717) is 44.7 Å². The van der Waals surface area contributed by atoms with E-state index in [2.05, 4.69) is 20.3 Å². The molecule has 6 rings (SSSR count). The number of benzene rings is 2. The molecule has 2 atom stereocenters. The molecule has 4 heterocycles. The summed E-state index contributed by atoms with van der Waals surface area (Å²) in [7, 11) is 0. The van der Waals surface area contributed by atoms with Gasteiger partial charge in [0.15, 0.2) is 5.17 Å². The molecule has 3 aliphatic rings. The van der Waals surface area contributed by atoms with Gasteiger partial charge in [-0.15, -0.1) is 0 Å². The zero-order valence-corrected chi connectivity index (χ0v) is 20.3. The highest BCUT2D eigenvalue weighted by Gasteiger charge is 2.41. The number of alkyl halides is 6. The molecule has 0 aliphatic carbocycles. The number of hydrogen-bond acceptors (Lipinski definition) is 5. The summed E-state index contributed by atoms with van der Waals surface area (Å²) in [6, 6.07) is 7.46. The number of aliphatic imine (C=N–C) groups is 1. The average Bonchev–Trinajstić information content (AvgIpc) is 3.63. The van der Waals surface area contributed by atoms with Crippen LogP contribution in [-0.2, 0) is 23.7 Å². The van der Waals surface area contributed by atoms with Gasteiger partial charge in [0.2, 0.25) is 0 Å². The van der Waals surface area contributed by atoms with Gasteiger partial charge in [-0.3, -0.25) is 9.48 Å². The minimum atomic E-state index is -4.96. The van der Waals surface area contributed by atoms with E-state index in [1.54, 1.807) is 24.3 Å². The molecule has 2 bridgehead atoms. The van der Waals surface area contributed by atoms with Crippen molar-refractivity contribution in [2.45, 2.75) is 37.4 Å². The van der Waals surface area contributed by atoms with Crippen LogP contribution in [0.25, 0.3) is 17.0 Å². The molecule has 1 amide bonds. The number of carbonyl (C=O) groups is 1. The van der Waals surface area contributed by atoms with Crippen molar-refractivity contribution in [3.63, 3.8) is 0 Å². The lowest BCUT2D eigenvalue weighted by Gasteiger charge is -2.28. The van der Waals surface area contributed by atoms with Gasteiger partial charge in [-0.05, 0) is 59.7 Å². The Morgan fingerprint density at radius 1 is 1.08 bits per heavy atom. The molecule has 2 aromatic carbocycles. The summed E-state index contributed by atoms with van der Waals surface area (Å²) in [5.41, 5.74) is -1.85. The molecule has 2 fully saturated rings. The molecule has 3 aromatic rings. The van der Waals surface area contributed by atoms with Crippen molar-refractivity contribution in [1.82, 2.24) is 20.0 Å². The van der Waals surface area contributed by atoms with Gasteiger partial charge in [0, 0.05) is 30.6 Å². The van der Waals surface area contributed by atoms with Gasteiger partial charge >= 0.3 is 12.4 Å². The smallest absolute Gasteiger partial charge is 0.345 e. The van der Waals surface area contributed by atoms with Crippen molar-refractivity contribution in [1.29, 1.82) is 0 Å². The van der Waals surface area contributed by atoms with Crippen molar-refractivity contribution in [2.24, 2.45) is 4.99 Å². The minimum Gasteiger partial charge on any atom is -0.345 e. The molecule has 1 N–H and O–H groups in total. The lowest BCUT2D eigenvalue weighted by atomic mass is 10.0. The maximum Gasteiger partial charge on any atom is 0.416 e. The number of likely N-dealkylation sites (tertiary alicyclic amines) is 1. The predicted molar refractivity (Wildman–Crippen MR) is 130 cm³/mol. The highest BCUT2D eigenvalue weighted by Crippen LogP contribution is 2.38. The molecule has 0 radical (unpaired) electrons. The normalized spacial score (nSPS) is 22.8. The first-order chi connectivity index (χ1) is 18.0. The van der Waals surface area contributed by atoms with Crippen molar-refractivity contribution in [2.75, 3.05) is 13.1 Å². The van der Waals surface area contributed by atoms with Crippen LogP contribution >= 0.6 is 11.8 Å². The third-order valence-corrected chi connectivity index (χ3v) is 7.96. The predicted octanol–water partition coefficient (Wildman–Crippen LogP) is 5.14. The molecule has 3 aliphatic heterocycles. The molecular weight excluding hydrogens is 532 g/mol. The molecule has 0 saturated carbocycles. The quantitative estimate of drug-likeness (QED) is 0.361. The molecule has 6 nitrogen and oxygen atoms in total. The summed E-state index contributed by atoms with van der Waals surface area (Å²) in [5.74, 6) is -0.321. The summed E-state index contributed by atoms with van der Waals surface area (Å²) in [4.78, 5) is 19.4. The molecule has 38 heavy (non-hydrogen) atoms. The Morgan fingerprint density at radius 2 is 1.89 bits per heavy atom. The molecular formula is C25H19F6N5OS. The van der Waals surface area contributed by atoms with Gasteiger partial charge in [-0.1, -0.05) is 12.1 Å². The number of carbonyl (C=O) groups excluding carboxylic acids is 1. The number of nitrogens with one attached hydrogen (secondary N) is 1. The monoisotopic (exact) mass is 551 g/mol. The number of hydrogen-bond donors (Lipinski definition) is 1. The standard InChI is InChI=1S/C25H19F6N5OS/c26-24(27,28)16-3-2-14(19(7-16)25(29,30)31)11-36-20-4-1-13(5-15(20)9-33-36)6-21-22(37)34-23(38-21)35-12-17-8-18(35)10-32-17/h1-7,9,17-18,32H,8,10-12H2/b21-6-/t17-,18-/m0/s1. The fourth-order valence-electron chi connectivity index (χ4n) is 5.10. The van der Waals surface area contributed by atoms with E-state index in [-0.39, 0.29) is 24.1 Å². The Labute approximate surface area is 216 Å². The van der Waals surface area contributed by atoms with E-state index in [9.17, 15) is 31.1 Å². The molecule has 0 spiro atoms. The van der Waals surface area contributed by atoms with Crippen LogP contribution in [0.4, 0.5) is 26.3 Å². The van der Waals surface area contributed by atoms with Gasteiger partial charge in [0.05, 0.1) is 34.3 Å². The van der Waals surface area contributed by atoms with E-state index < -0.39 is 23.5 Å². The summed E-state index contributed by atoms with van der Waals surface area (Å²) in [6.07, 6.45) is -5.64. The van der Waals surface area contributed by atoms with Gasteiger partial charge < -0.3 is 10.2 Å². The zero-order valence-electron chi connectivity index (χ0n) is 19.5. The SMILES string of the molecule is O=C1N=C(N2C[C@@H]3C[C@H]2CN3)S/C1=C\c1ccc2c(cnn2Cc2ccc(C(F)(F)F)cc2C(F)(F)F)c1. The number of amidine groups is 1. The second-order valence-electron chi connectivity index (χ2n) is 9.45. The third-order valence-electron chi connectivity index (χ3n) is 6.94. The lowest BCUT2D eigenvalue weighted by molar-refractivity contribution is -0.143. The van der Waals surface area contributed by atoms with Crippen molar-refractivity contribution in [3.8, 4) is 0 Å². The minimum absolute atomic E-state index is 0.127. The van der Waals surface area contributed by atoms with Crippen LogP contribution in [0.1, 0.15) is 28.7 Å². The summed E-state index contributed by atoms with van der Waals surface area (Å²) < 4.78 is 81.0. The van der Waals surface area contributed by atoms with Crippen LogP contribution < -0.4 is 5.32 Å². The van der Waals surface area contributed by atoms with E-state index in [1.165, 1.54) is 22.6 Å². The van der Waals surface area contributed by atoms with Crippen molar-refractivity contribution < 1.29 is 31.1 Å². The van der Waals surface area contributed by atoms with Gasteiger partial charge in [-0.25, -0.2) is 0 Å². The van der Waals surface area contributed by atoms with Gasteiger partial charge in [0.1, 0.15) is 0 Å². The van der Waals surface area contributed by atoms with Crippen molar-refractivity contribution >= 4 is 39.8 Å². The first-order valence-electron chi connectivity index (χ1n) is 11.7. The highest BCUT2D eigenvalue weighted by atomic mass is 32.2. The number of piperazine rings is 1. The van der Waals surface area contributed by atoms with Crippen LogP contribution in [0.2, 0.25) is 0 Å². The first-order valence-corrected chi connectivity index (χ1v) is 12.5. The van der Waals surface area contributed by atoms with Crippen LogP contribution in [-0.4, -0.2) is 50.9 Å². The van der Waals surface area contributed by atoms with Gasteiger partial charge in [-0.2, -0.15) is 36.4 Å². The number of nitrogens with zero attached hydrogens (tertiary/aromatic N) is 4. The Balaban J connectivity index is 1.24. The Hall–Kier alpha value is -3.32. The first kappa shape index (κ1) is 25.0. The number of rotatable bonds is 3. The number of amides is 1. The topological polar surface area (TPSA) is 62.5 Å². The van der Waals surface area contributed by atoms with Crippen LogP contribution in [0.5, 0.6) is 0 Å². The summed E-state index contributed by atoms with van der Waals surface area (Å²) in [5, 5.41) is 8.87. The van der Waals surface area contributed by atoms with Crippen molar-refractivity contribution in [3.05, 3.63) is 69.8 Å². The molecule has 198 valence electrons. The molecule has 13 heteroatoms. The second kappa shape index (κ2) is 8.87. The fourth-order valence-corrected chi connectivity index (χ4v) is 6.10. The number of halogens is 6. The Bertz CT molecular complexity index is 1510. The van der Waals surface area contributed by atoms with E-state index >= 15 is 0 Å². The lowest BCUT2D eigenvalue weighted by Crippen LogP contribution is -2.45. The fraction of sp³-hybridized carbons (Fsp3) is 0.320. The molecule has 0 unspecified atom stereocenters. The summed E-state index contributed by atoms with van der Waals surface area (Å²) >= 11 is 1.32. The van der Waals surface area contributed by atoms with Crippen LogP contribution in [0, 0.1) is 0 Å². The van der Waals surface area contributed by atoms with E-state index in [4.69, 9.17) is 0 Å². The maximum atomic E-state index is 13.6. The highest BCUT2D eigenvalue weighted by molar-refractivity contribution is 8.18. The number of thioether (sulfide) groups is 1. The number of aromatic nitrogens is 2. The van der Waals surface area contributed by atoms with Gasteiger partial charge in [0.25, 0.3) is 5.91 Å². The van der Waals surface area contributed by atoms with E-state index in [0.717, 1.165) is 25.6 Å².